The maximum atomic E-state index is 12.6. The Balaban J connectivity index is 1.35. The quantitative estimate of drug-likeness (QED) is 0.464. The summed E-state index contributed by atoms with van der Waals surface area (Å²) in [6.07, 6.45) is 2.95. The standard InChI is InChI=1S/C23H32N4O4S2/c1-17(22(28)25-12-8-18-4-6-21(7-5-18)33(24,30)31)27-14-10-19(11-15-27)23(29)26-13-9-20-3-2-16-32-20/h2-7,16-17,19H,8-15H2,1H3,(H,25,28)(H,26,29)(H2,24,30,31). The predicted molar refractivity (Wildman–Crippen MR) is 129 cm³/mol. The van der Waals surface area contributed by atoms with E-state index in [9.17, 15) is 18.0 Å². The Morgan fingerprint density at radius 3 is 2.36 bits per heavy atom. The van der Waals surface area contributed by atoms with Crippen LogP contribution in [0.25, 0.3) is 0 Å². The molecule has 0 aliphatic carbocycles. The van der Waals surface area contributed by atoms with Crippen LogP contribution in [0.5, 0.6) is 0 Å². The summed E-state index contributed by atoms with van der Waals surface area (Å²) >= 11 is 1.70. The summed E-state index contributed by atoms with van der Waals surface area (Å²) < 4.78 is 22.6. The Morgan fingerprint density at radius 2 is 1.76 bits per heavy atom. The van der Waals surface area contributed by atoms with Gasteiger partial charge in [0.15, 0.2) is 0 Å². The van der Waals surface area contributed by atoms with Crippen molar-refractivity contribution in [3.05, 3.63) is 52.2 Å². The smallest absolute Gasteiger partial charge is 0.238 e. The van der Waals surface area contributed by atoms with Crippen LogP contribution in [0, 0.1) is 5.92 Å². The van der Waals surface area contributed by atoms with Crippen molar-refractivity contribution in [1.82, 2.24) is 15.5 Å². The number of amides is 2. The average molecular weight is 493 g/mol. The molecule has 180 valence electrons. The second-order valence-corrected chi connectivity index (χ2v) is 10.9. The van der Waals surface area contributed by atoms with Gasteiger partial charge in [0.25, 0.3) is 0 Å². The van der Waals surface area contributed by atoms with E-state index in [4.69, 9.17) is 5.14 Å². The van der Waals surface area contributed by atoms with Gasteiger partial charge in [-0.1, -0.05) is 18.2 Å². The lowest BCUT2D eigenvalue weighted by Gasteiger charge is -2.34. The highest BCUT2D eigenvalue weighted by Crippen LogP contribution is 2.19. The molecule has 0 saturated carbocycles. The number of rotatable bonds is 10. The molecule has 3 rings (SSSR count). The number of nitrogens with one attached hydrogen (secondary N) is 2. The van der Waals surface area contributed by atoms with Crippen LogP contribution in [0.3, 0.4) is 0 Å². The summed E-state index contributed by atoms with van der Waals surface area (Å²) in [5, 5.41) is 13.1. The molecule has 2 aromatic rings. The molecule has 2 amide bonds. The highest BCUT2D eigenvalue weighted by Gasteiger charge is 2.29. The molecule has 1 aliphatic rings. The summed E-state index contributed by atoms with van der Waals surface area (Å²) in [4.78, 5) is 28.5. The van der Waals surface area contributed by atoms with E-state index in [1.54, 1.807) is 23.5 Å². The van der Waals surface area contributed by atoms with Gasteiger partial charge in [0.05, 0.1) is 10.9 Å². The van der Waals surface area contributed by atoms with Gasteiger partial charge in [-0.15, -0.1) is 11.3 Å². The molecule has 1 saturated heterocycles. The number of benzene rings is 1. The van der Waals surface area contributed by atoms with Gasteiger partial charge in [0, 0.05) is 23.9 Å². The predicted octanol–water partition coefficient (Wildman–Crippen LogP) is 1.51. The minimum absolute atomic E-state index is 0.000142. The van der Waals surface area contributed by atoms with Crippen LogP contribution >= 0.6 is 11.3 Å². The Kier molecular flexibility index (Phi) is 9.02. The summed E-state index contributed by atoms with van der Waals surface area (Å²) in [6, 6.07) is 10.2. The molecular formula is C23H32N4O4S2. The fraction of sp³-hybridized carbons (Fsp3) is 0.478. The molecule has 8 nitrogen and oxygen atoms in total. The molecule has 1 atom stereocenters. The van der Waals surface area contributed by atoms with E-state index in [2.05, 4.69) is 21.6 Å². The minimum Gasteiger partial charge on any atom is -0.355 e. The lowest BCUT2D eigenvalue weighted by Crippen LogP contribution is -2.50. The molecule has 0 radical (unpaired) electrons. The lowest BCUT2D eigenvalue weighted by molar-refractivity contribution is -0.128. The number of nitrogens with two attached hydrogens (primary N) is 1. The zero-order valence-electron chi connectivity index (χ0n) is 18.8. The topological polar surface area (TPSA) is 122 Å². The van der Waals surface area contributed by atoms with Gasteiger partial charge in [-0.25, -0.2) is 13.6 Å². The molecule has 1 aliphatic heterocycles. The highest BCUT2D eigenvalue weighted by molar-refractivity contribution is 7.89. The van der Waals surface area contributed by atoms with Crippen LogP contribution in [0.2, 0.25) is 0 Å². The molecule has 0 spiro atoms. The number of nitrogens with zero attached hydrogens (tertiary/aromatic N) is 1. The van der Waals surface area contributed by atoms with Crippen LogP contribution < -0.4 is 15.8 Å². The van der Waals surface area contributed by atoms with Crippen LogP contribution in [-0.4, -0.2) is 57.4 Å². The normalized spacial score (nSPS) is 16.3. The van der Waals surface area contributed by atoms with E-state index in [1.807, 2.05) is 18.4 Å². The zero-order chi connectivity index (χ0) is 23.8. The average Bonchev–Trinajstić information content (AvgIpc) is 3.32. The zero-order valence-corrected chi connectivity index (χ0v) is 20.5. The van der Waals surface area contributed by atoms with Gasteiger partial charge >= 0.3 is 0 Å². The van der Waals surface area contributed by atoms with Gasteiger partial charge < -0.3 is 10.6 Å². The number of likely N-dealkylation sites (tertiary alicyclic amines) is 1. The fourth-order valence-corrected chi connectivity index (χ4v) is 5.17. The number of primary sulfonamides is 1. The first kappa shape index (κ1) is 25.4. The number of sulfonamides is 1. The van der Waals surface area contributed by atoms with Crippen LogP contribution in [0.4, 0.5) is 0 Å². The first-order valence-corrected chi connectivity index (χ1v) is 13.6. The lowest BCUT2D eigenvalue weighted by atomic mass is 9.95. The van der Waals surface area contributed by atoms with Crippen molar-refractivity contribution in [3.63, 3.8) is 0 Å². The van der Waals surface area contributed by atoms with Gasteiger partial charge in [-0.3, -0.25) is 14.5 Å². The molecule has 2 heterocycles. The third kappa shape index (κ3) is 7.63. The molecule has 1 aromatic heterocycles. The van der Waals surface area contributed by atoms with E-state index >= 15 is 0 Å². The van der Waals surface area contributed by atoms with Crippen molar-refractivity contribution in [2.45, 2.75) is 43.5 Å². The Morgan fingerprint density at radius 1 is 1.09 bits per heavy atom. The highest BCUT2D eigenvalue weighted by atomic mass is 32.2. The van der Waals surface area contributed by atoms with E-state index in [-0.39, 0.29) is 28.7 Å². The summed E-state index contributed by atoms with van der Waals surface area (Å²) in [7, 11) is -3.70. The van der Waals surface area contributed by atoms with E-state index in [1.165, 1.54) is 17.0 Å². The summed E-state index contributed by atoms with van der Waals surface area (Å²) in [5.41, 5.74) is 0.918. The van der Waals surface area contributed by atoms with Crippen molar-refractivity contribution < 1.29 is 18.0 Å². The monoisotopic (exact) mass is 492 g/mol. The second kappa shape index (κ2) is 11.7. The molecule has 33 heavy (non-hydrogen) atoms. The van der Waals surface area contributed by atoms with Gasteiger partial charge in [-0.2, -0.15) is 0 Å². The molecular weight excluding hydrogens is 460 g/mol. The van der Waals surface area contributed by atoms with Crippen LogP contribution in [0.1, 0.15) is 30.2 Å². The second-order valence-electron chi connectivity index (χ2n) is 8.34. The van der Waals surface area contributed by atoms with E-state index in [0.717, 1.165) is 24.8 Å². The Hall–Kier alpha value is -2.27. The summed E-state index contributed by atoms with van der Waals surface area (Å²) in [5.74, 6) is 0.0620. The Labute approximate surface area is 199 Å². The largest absolute Gasteiger partial charge is 0.355 e. The van der Waals surface area contributed by atoms with E-state index in [0.29, 0.717) is 32.6 Å². The molecule has 10 heteroatoms. The number of piperidine rings is 1. The molecule has 1 unspecified atom stereocenters. The number of thiophene rings is 1. The first-order chi connectivity index (χ1) is 15.7. The number of hydrogen-bond acceptors (Lipinski definition) is 6. The maximum Gasteiger partial charge on any atom is 0.238 e. The SMILES string of the molecule is CC(C(=O)NCCc1ccc(S(N)(=O)=O)cc1)N1CCC(C(=O)NCCc2cccs2)CC1. The van der Waals surface area contributed by atoms with Crippen molar-refractivity contribution in [1.29, 1.82) is 0 Å². The third-order valence-corrected chi connectivity index (χ3v) is 7.91. The van der Waals surface area contributed by atoms with Crippen molar-refractivity contribution in [3.8, 4) is 0 Å². The van der Waals surface area contributed by atoms with E-state index < -0.39 is 10.0 Å². The van der Waals surface area contributed by atoms with Crippen LogP contribution in [-0.2, 0) is 32.5 Å². The fourth-order valence-electron chi connectivity index (χ4n) is 3.95. The molecule has 4 N–H and O–H groups in total. The number of carbonyl (C=O) groups excluding carboxylic acids is 2. The Bertz CT molecular complexity index is 1020. The van der Waals surface area contributed by atoms with Crippen LogP contribution in [0.15, 0.2) is 46.7 Å². The molecule has 1 fully saturated rings. The van der Waals surface area contributed by atoms with Gasteiger partial charge in [0.1, 0.15) is 0 Å². The molecule has 1 aromatic carbocycles. The van der Waals surface area contributed by atoms with Crippen molar-refractivity contribution in [2.24, 2.45) is 11.1 Å². The molecule has 0 bridgehead atoms. The summed E-state index contributed by atoms with van der Waals surface area (Å²) in [6.45, 7) is 4.43. The van der Waals surface area contributed by atoms with Crippen molar-refractivity contribution >= 4 is 33.2 Å². The minimum atomic E-state index is -3.70. The third-order valence-electron chi connectivity index (χ3n) is 6.04. The first-order valence-electron chi connectivity index (χ1n) is 11.2. The maximum absolute atomic E-state index is 12.6. The number of carbonyl (C=O) groups is 2. The van der Waals surface area contributed by atoms with Gasteiger partial charge in [0.2, 0.25) is 21.8 Å². The van der Waals surface area contributed by atoms with Crippen molar-refractivity contribution in [2.75, 3.05) is 26.2 Å². The number of hydrogen-bond donors (Lipinski definition) is 3. The van der Waals surface area contributed by atoms with Gasteiger partial charge in [-0.05, 0) is 74.8 Å².